The SMILES string of the molecule is Cc1ccncc1N1CCc2sc3ccc(F)cc3c2C1=O. The van der Waals surface area contributed by atoms with Gasteiger partial charge in [-0.05, 0) is 36.8 Å². The van der Waals surface area contributed by atoms with Crippen LogP contribution in [0.1, 0.15) is 20.8 Å². The van der Waals surface area contributed by atoms with Crippen molar-refractivity contribution in [1.82, 2.24) is 4.98 Å². The zero-order valence-corrected chi connectivity index (χ0v) is 12.8. The van der Waals surface area contributed by atoms with Gasteiger partial charge in [-0.2, -0.15) is 0 Å². The normalized spacial score (nSPS) is 14.5. The van der Waals surface area contributed by atoms with E-state index in [4.69, 9.17) is 0 Å². The lowest BCUT2D eigenvalue weighted by Crippen LogP contribution is -2.37. The molecule has 0 unspecified atom stereocenters. The lowest BCUT2D eigenvalue weighted by atomic mass is 10.0. The van der Waals surface area contributed by atoms with E-state index in [2.05, 4.69) is 4.98 Å². The maximum absolute atomic E-state index is 13.6. The lowest BCUT2D eigenvalue weighted by Gasteiger charge is -2.28. The number of hydrogen-bond acceptors (Lipinski definition) is 3. The number of fused-ring (bicyclic) bond motifs is 3. The highest BCUT2D eigenvalue weighted by Gasteiger charge is 2.30. The Morgan fingerprint density at radius 3 is 3.00 bits per heavy atom. The number of nitrogens with zero attached hydrogens (tertiary/aromatic N) is 2. The van der Waals surface area contributed by atoms with Gasteiger partial charge in [-0.15, -0.1) is 11.3 Å². The Kier molecular flexibility index (Phi) is 2.97. The molecule has 0 bridgehead atoms. The van der Waals surface area contributed by atoms with Crippen molar-refractivity contribution in [3.8, 4) is 0 Å². The molecule has 0 fully saturated rings. The quantitative estimate of drug-likeness (QED) is 0.682. The Hall–Kier alpha value is -2.27. The molecule has 3 aromatic rings. The minimum absolute atomic E-state index is 0.0609. The van der Waals surface area contributed by atoms with Crippen LogP contribution in [-0.4, -0.2) is 17.4 Å². The Morgan fingerprint density at radius 2 is 2.18 bits per heavy atom. The van der Waals surface area contributed by atoms with Gasteiger partial charge in [0.05, 0.1) is 17.4 Å². The van der Waals surface area contributed by atoms with Crippen LogP contribution in [-0.2, 0) is 6.42 Å². The van der Waals surface area contributed by atoms with Crippen LogP contribution in [0, 0.1) is 12.7 Å². The average Bonchev–Trinajstić information content (AvgIpc) is 2.87. The Morgan fingerprint density at radius 1 is 1.32 bits per heavy atom. The predicted octanol–water partition coefficient (Wildman–Crippen LogP) is 3.95. The van der Waals surface area contributed by atoms with Gasteiger partial charge in [-0.3, -0.25) is 9.78 Å². The number of pyridine rings is 1. The van der Waals surface area contributed by atoms with Crippen LogP contribution in [0.15, 0.2) is 36.7 Å². The molecule has 0 saturated heterocycles. The summed E-state index contributed by atoms with van der Waals surface area (Å²) >= 11 is 1.58. The fourth-order valence-corrected chi connectivity index (χ4v) is 4.11. The van der Waals surface area contributed by atoms with Gasteiger partial charge < -0.3 is 4.90 Å². The number of thiophene rings is 1. The molecule has 5 heteroatoms. The molecule has 2 aromatic heterocycles. The molecular formula is C17H13FN2OS. The minimum atomic E-state index is -0.310. The summed E-state index contributed by atoms with van der Waals surface area (Å²) in [6, 6.07) is 6.55. The van der Waals surface area contributed by atoms with Crippen LogP contribution >= 0.6 is 11.3 Å². The van der Waals surface area contributed by atoms with E-state index < -0.39 is 0 Å². The van der Waals surface area contributed by atoms with E-state index in [1.165, 1.54) is 12.1 Å². The van der Waals surface area contributed by atoms with E-state index >= 15 is 0 Å². The first-order chi connectivity index (χ1) is 10.6. The van der Waals surface area contributed by atoms with Gasteiger partial charge in [0.25, 0.3) is 5.91 Å². The van der Waals surface area contributed by atoms with E-state index in [1.54, 1.807) is 34.7 Å². The van der Waals surface area contributed by atoms with Crippen molar-refractivity contribution in [3.63, 3.8) is 0 Å². The Bertz CT molecular complexity index is 903. The maximum atomic E-state index is 13.6. The van der Waals surface area contributed by atoms with Crippen molar-refractivity contribution >= 4 is 33.0 Å². The van der Waals surface area contributed by atoms with E-state index in [9.17, 15) is 9.18 Å². The van der Waals surface area contributed by atoms with E-state index in [0.29, 0.717) is 12.1 Å². The zero-order valence-electron chi connectivity index (χ0n) is 12.0. The molecule has 1 aromatic carbocycles. The smallest absolute Gasteiger partial charge is 0.260 e. The summed E-state index contributed by atoms with van der Waals surface area (Å²) < 4.78 is 14.5. The van der Waals surface area contributed by atoms with Crippen molar-refractivity contribution < 1.29 is 9.18 Å². The molecule has 0 saturated carbocycles. The monoisotopic (exact) mass is 312 g/mol. The number of rotatable bonds is 1. The van der Waals surface area contributed by atoms with Crippen molar-refractivity contribution in [3.05, 3.63) is 58.5 Å². The fourth-order valence-electron chi connectivity index (χ4n) is 2.95. The molecule has 3 nitrogen and oxygen atoms in total. The summed E-state index contributed by atoms with van der Waals surface area (Å²) in [4.78, 5) is 19.9. The van der Waals surface area contributed by atoms with Gasteiger partial charge in [0.15, 0.2) is 0 Å². The van der Waals surface area contributed by atoms with Gasteiger partial charge in [0, 0.05) is 34.1 Å². The van der Waals surface area contributed by atoms with Crippen molar-refractivity contribution in [2.24, 2.45) is 0 Å². The number of aryl methyl sites for hydroxylation is 1. The molecule has 3 heterocycles. The van der Waals surface area contributed by atoms with Crippen molar-refractivity contribution in [1.29, 1.82) is 0 Å². The number of benzene rings is 1. The topological polar surface area (TPSA) is 33.2 Å². The first-order valence-electron chi connectivity index (χ1n) is 7.08. The molecule has 4 rings (SSSR count). The fraction of sp³-hybridized carbons (Fsp3) is 0.176. The number of carbonyl (C=O) groups is 1. The number of amides is 1. The molecule has 0 N–H and O–H groups in total. The minimum Gasteiger partial charge on any atom is -0.306 e. The molecule has 110 valence electrons. The second-order valence-electron chi connectivity index (χ2n) is 5.41. The molecule has 0 atom stereocenters. The summed E-state index contributed by atoms with van der Waals surface area (Å²) in [7, 11) is 0. The third-order valence-electron chi connectivity index (χ3n) is 4.05. The van der Waals surface area contributed by atoms with Crippen LogP contribution in [0.3, 0.4) is 0 Å². The molecule has 1 aliphatic heterocycles. The highest BCUT2D eigenvalue weighted by atomic mass is 32.1. The number of halogens is 1. The van der Waals surface area contributed by atoms with Crippen LogP contribution in [0.4, 0.5) is 10.1 Å². The van der Waals surface area contributed by atoms with Crippen LogP contribution in [0.2, 0.25) is 0 Å². The largest absolute Gasteiger partial charge is 0.306 e. The van der Waals surface area contributed by atoms with Gasteiger partial charge in [0.2, 0.25) is 0 Å². The first kappa shape index (κ1) is 13.4. The summed E-state index contributed by atoms with van der Waals surface area (Å²) in [5, 5.41) is 0.719. The van der Waals surface area contributed by atoms with E-state index in [0.717, 1.165) is 32.6 Å². The first-order valence-corrected chi connectivity index (χ1v) is 7.90. The summed E-state index contributed by atoms with van der Waals surface area (Å²) in [6.45, 7) is 2.60. The summed E-state index contributed by atoms with van der Waals surface area (Å²) in [6.07, 6.45) is 4.22. The van der Waals surface area contributed by atoms with E-state index in [-0.39, 0.29) is 11.7 Å². The molecule has 1 aliphatic rings. The maximum Gasteiger partial charge on any atom is 0.260 e. The highest BCUT2D eigenvalue weighted by molar-refractivity contribution is 7.19. The molecule has 0 radical (unpaired) electrons. The third kappa shape index (κ3) is 1.93. The van der Waals surface area contributed by atoms with Crippen LogP contribution in [0.25, 0.3) is 10.1 Å². The van der Waals surface area contributed by atoms with Crippen molar-refractivity contribution in [2.45, 2.75) is 13.3 Å². The van der Waals surface area contributed by atoms with E-state index in [1.807, 2.05) is 13.0 Å². The molecule has 0 aliphatic carbocycles. The van der Waals surface area contributed by atoms with Crippen molar-refractivity contribution in [2.75, 3.05) is 11.4 Å². The second-order valence-corrected chi connectivity index (χ2v) is 6.55. The third-order valence-corrected chi connectivity index (χ3v) is 5.28. The zero-order chi connectivity index (χ0) is 15.3. The van der Waals surface area contributed by atoms with Gasteiger partial charge >= 0.3 is 0 Å². The van der Waals surface area contributed by atoms with Gasteiger partial charge in [-0.25, -0.2) is 4.39 Å². The Labute approximate surface area is 131 Å². The number of hydrogen-bond donors (Lipinski definition) is 0. The van der Waals surface area contributed by atoms with Gasteiger partial charge in [-0.1, -0.05) is 0 Å². The number of anilines is 1. The highest BCUT2D eigenvalue weighted by Crippen LogP contribution is 2.37. The molecule has 0 spiro atoms. The summed E-state index contributed by atoms with van der Waals surface area (Å²) in [5.41, 5.74) is 2.49. The molecular weight excluding hydrogens is 299 g/mol. The molecule has 1 amide bonds. The second kappa shape index (κ2) is 4.88. The lowest BCUT2D eigenvalue weighted by molar-refractivity contribution is 0.0983. The standard InChI is InChI=1S/C17H13FN2OS/c1-10-4-6-19-9-13(10)20-7-5-15-16(17(20)21)12-8-11(18)2-3-14(12)22-15/h2-4,6,8-9H,5,7H2,1H3. The number of aromatic nitrogens is 1. The van der Waals surface area contributed by atoms with Gasteiger partial charge in [0.1, 0.15) is 5.82 Å². The number of carbonyl (C=O) groups excluding carboxylic acids is 1. The predicted molar refractivity (Wildman–Crippen MR) is 86.1 cm³/mol. The van der Waals surface area contributed by atoms with Crippen LogP contribution < -0.4 is 4.90 Å². The van der Waals surface area contributed by atoms with Crippen LogP contribution in [0.5, 0.6) is 0 Å². The average molecular weight is 312 g/mol. The summed E-state index contributed by atoms with van der Waals surface area (Å²) in [5.74, 6) is -0.371. The molecule has 22 heavy (non-hydrogen) atoms. The Balaban J connectivity index is 1.88.